The molecule has 0 saturated carbocycles. The Morgan fingerprint density at radius 2 is 1.89 bits per heavy atom. The number of nitrogens with one attached hydrogen (secondary N) is 1. The molecule has 0 radical (unpaired) electrons. The second kappa shape index (κ2) is 5.56. The molecule has 2 nitrogen and oxygen atoms in total. The van der Waals surface area contributed by atoms with Crippen molar-refractivity contribution in [2.45, 2.75) is 13.5 Å². The Labute approximate surface area is 120 Å². The van der Waals surface area contributed by atoms with Gasteiger partial charge in [0.1, 0.15) is 5.82 Å². The quantitative estimate of drug-likeness (QED) is 0.646. The van der Waals surface area contributed by atoms with Crippen molar-refractivity contribution in [3.05, 3.63) is 56.9 Å². The molecule has 0 heterocycles. The van der Waals surface area contributed by atoms with Crippen molar-refractivity contribution >= 4 is 34.0 Å². The van der Waals surface area contributed by atoms with E-state index in [4.69, 9.17) is 5.73 Å². The van der Waals surface area contributed by atoms with Crippen molar-refractivity contribution in [3.8, 4) is 0 Å². The van der Waals surface area contributed by atoms with Crippen molar-refractivity contribution < 1.29 is 4.39 Å². The van der Waals surface area contributed by atoms with E-state index in [-0.39, 0.29) is 5.82 Å². The van der Waals surface area contributed by atoms with E-state index in [0.717, 1.165) is 5.56 Å². The van der Waals surface area contributed by atoms with Crippen LogP contribution in [0.5, 0.6) is 0 Å². The summed E-state index contributed by atoms with van der Waals surface area (Å²) < 4.78 is 14.0. The lowest BCUT2D eigenvalue weighted by Crippen LogP contribution is -2.03. The van der Waals surface area contributed by atoms with E-state index >= 15 is 0 Å². The van der Waals surface area contributed by atoms with Crippen molar-refractivity contribution in [2.75, 3.05) is 11.1 Å². The summed E-state index contributed by atoms with van der Waals surface area (Å²) in [5.74, 6) is -0.254. The third kappa shape index (κ3) is 3.13. The average molecular weight is 356 g/mol. The SMILES string of the molecule is Cc1ccc(CNc2cc(F)c(I)cc2N)cc1. The van der Waals surface area contributed by atoms with Crippen LogP contribution in [0.1, 0.15) is 11.1 Å². The molecule has 2 aromatic carbocycles. The van der Waals surface area contributed by atoms with Crippen LogP contribution in [-0.4, -0.2) is 0 Å². The van der Waals surface area contributed by atoms with Crippen LogP contribution >= 0.6 is 22.6 Å². The van der Waals surface area contributed by atoms with Gasteiger partial charge >= 0.3 is 0 Å². The van der Waals surface area contributed by atoms with Crippen LogP contribution in [0.2, 0.25) is 0 Å². The van der Waals surface area contributed by atoms with Crippen LogP contribution in [0.3, 0.4) is 0 Å². The molecule has 2 aromatic rings. The van der Waals surface area contributed by atoms with Gasteiger partial charge in [-0.1, -0.05) is 29.8 Å². The zero-order chi connectivity index (χ0) is 13.1. The molecule has 0 spiro atoms. The Balaban J connectivity index is 2.10. The Morgan fingerprint density at radius 1 is 1.22 bits per heavy atom. The van der Waals surface area contributed by atoms with Crippen LogP contribution in [0.15, 0.2) is 36.4 Å². The molecule has 0 bridgehead atoms. The molecular formula is C14H14FIN2. The summed E-state index contributed by atoms with van der Waals surface area (Å²) in [5.41, 5.74) is 9.40. The van der Waals surface area contributed by atoms with Crippen molar-refractivity contribution in [1.82, 2.24) is 0 Å². The fraction of sp³-hybridized carbons (Fsp3) is 0.143. The fourth-order valence-electron chi connectivity index (χ4n) is 1.62. The van der Waals surface area contributed by atoms with Crippen LogP contribution < -0.4 is 11.1 Å². The highest BCUT2D eigenvalue weighted by atomic mass is 127. The average Bonchev–Trinajstić information content (AvgIpc) is 2.34. The predicted octanol–water partition coefficient (Wildman–Crippen LogP) is 3.93. The summed E-state index contributed by atoms with van der Waals surface area (Å²) in [5, 5.41) is 3.15. The second-order valence-electron chi connectivity index (χ2n) is 4.19. The van der Waals surface area contributed by atoms with E-state index in [1.807, 2.05) is 41.6 Å². The maximum Gasteiger partial charge on any atom is 0.138 e. The zero-order valence-corrected chi connectivity index (χ0v) is 12.2. The monoisotopic (exact) mass is 356 g/mol. The van der Waals surface area contributed by atoms with Crippen LogP contribution in [0, 0.1) is 16.3 Å². The lowest BCUT2D eigenvalue weighted by atomic mass is 10.1. The number of halogens is 2. The molecule has 18 heavy (non-hydrogen) atoms. The lowest BCUT2D eigenvalue weighted by Gasteiger charge is -2.10. The first-order chi connectivity index (χ1) is 8.56. The fourth-order valence-corrected chi connectivity index (χ4v) is 2.11. The lowest BCUT2D eigenvalue weighted by molar-refractivity contribution is 0.621. The maximum absolute atomic E-state index is 13.4. The molecule has 0 atom stereocenters. The van der Waals surface area contributed by atoms with E-state index in [1.165, 1.54) is 11.6 Å². The standard InChI is InChI=1S/C14H14FIN2/c1-9-2-4-10(5-3-9)8-18-14-6-11(15)12(16)7-13(14)17/h2-7,18H,8,17H2,1H3. The molecule has 0 unspecified atom stereocenters. The number of benzene rings is 2. The van der Waals surface area contributed by atoms with Crippen LogP contribution in [0.25, 0.3) is 0 Å². The molecule has 0 saturated heterocycles. The first-order valence-corrected chi connectivity index (χ1v) is 6.68. The van der Waals surface area contributed by atoms with Gasteiger partial charge in [-0.15, -0.1) is 0 Å². The minimum absolute atomic E-state index is 0.254. The molecule has 0 aliphatic heterocycles. The highest BCUT2D eigenvalue weighted by Gasteiger charge is 2.05. The van der Waals surface area contributed by atoms with Gasteiger partial charge < -0.3 is 11.1 Å². The Hall–Kier alpha value is -1.30. The minimum Gasteiger partial charge on any atom is -0.397 e. The molecule has 2 rings (SSSR count). The molecule has 3 N–H and O–H groups in total. The van der Waals surface area contributed by atoms with Gasteiger partial charge in [0.25, 0.3) is 0 Å². The Morgan fingerprint density at radius 3 is 2.56 bits per heavy atom. The van der Waals surface area contributed by atoms with Gasteiger partial charge in [0.15, 0.2) is 0 Å². The molecule has 0 amide bonds. The largest absolute Gasteiger partial charge is 0.397 e. The normalized spacial score (nSPS) is 10.4. The topological polar surface area (TPSA) is 38.0 Å². The van der Waals surface area contributed by atoms with Gasteiger partial charge in [-0.25, -0.2) is 4.39 Å². The molecule has 0 aliphatic carbocycles. The first kappa shape index (κ1) is 13.1. The molecular weight excluding hydrogens is 342 g/mol. The third-order valence-electron chi connectivity index (χ3n) is 2.70. The number of hydrogen-bond acceptors (Lipinski definition) is 2. The van der Waals surface area contributed by atoms with Crippen molar-refractivity contribution in [2.24, 2.45) is 0 Å². The second-order valence-corrected chi connectivity index (χ2v) is 5.35. The predicted molar refractivity (Wildman–Crippen MR) is 82.0 cm³/mol. The van der Waals surface area contributed by atoms with Crippen molar-refractivity contribution in [1.29, 1.82) is 0 Å². The minimum atomic E-state index is -0.254. The highest BCUT2D eigenvalue weighted by molar-refractivity contribution is 14.1. The summed E-state index contributed by atoms with van der Waals surface area (Å²) in [7, 11) is 0. The Bertz CT molecular complexity index is 552. The number of nitrogen functional groups attached to an aromatic ring is 1. The number of anilines is 2. The van der Waals surface area contributed by atoms with E-state index in [2.05, 4.69) is 17.4 Å². The first-order valence-electron chi connectivity index (χ1n) is 5.60. The smallest absolute Gasteiger partial charge is 0.138 e. The van der Waals surface area contributed by atoms with Gasteiger partial charge in [0.2, 0.25) is 0 Å². The summed E-state index contributed by atoms with van der Waals surface area (Å²) in [4.78, 5) is 0. The van der Waals surface area contributed by atoms with Gasteiger partial charge in [-0.3, -0.25) is 0 Å². The number of rotatable bonds is 3. The van der Waals surface area contributed by atoms with Gasteiger partial charge in [-0.05, 0) is 41.1 Å². The van der Waals surface area contributed by atoms with Crippen LogP contribution in [-0.2, 0) is 6.54 Å². The van der Waals surface area contributed by atoms with E-state index in [1.54, 1.807) is 6.07 Å². The molecule has 0 aromatic heterocycles. The number of hydrogen-bond donors (Lipinski definition) is 2. The Kier molecular flexibility index (Phi) is 4.06. The summed E-state index contributed by atoms with van der Waals surface area (Å²) >= 11 is 1.93. The maximum atomic E-state index is 13.4. The van der Waals surface area contributed by atoms with Gasteiger partial charge in [0, 0.05) is 12.6 Å². The zero-order valence-electron chi connectivity index (χ0n) is 10.0. The van der Waals surface area contributed by atoms with Crippen LogP contribution in [0.4, 0.5) is 15.8 Å². The molecule has 0 fully saturated rings. The molecule has 0 aliphatic rings. The summed E-state index contributed by atoms with van der Waals surface area (Å²) in [6.07, 6.45) is 0. The van der Waals surface area contributed by atoms with E-state index < -0.39 is 0 Å². The van der Waals surface area contributed by atoms with E-state index in [0.29, 0.717) is 21.5 Å². The van der Waals surface area contributed by atoms with Crippen molar-refractivity contribution in [3.63, 3.8) is 0 Å². The van der Waals surface area contributed by atoms with Gasteiger partial charge in [-0.2, -0.15) is 0 Å². The van der Waals surface area contributed by atoms with E-state index in [9.17, 15) is 4.39 Å². The van der Waals surface area contributed by atoms with Gasteiger partial charge in [0.05, 0.1) is 14.9 Å². The summed E-state index contributed by atoms with van der Waals surface area (Å²) in [6.45, 7) is 2.67. The third-order valence-corrected chi connectivity index (χ3v) is 3.52. The number of nitrogens with two attached hydrogens (primary N) is 1. The molecule has 4 heteroatoms. The summed E-state index contributed by atoms with van der Waals surface area (Å²) in [6, 6.07) is 11.3. The number of aryl methyl sites for hydroxylation is 1. The molecule has 94 valence electrons. The highest BCUT2D eigenvalue weighted by Crippen LogP contribution is 2.24.